The van der Waals surface area contributed by atoms with E-state index in [2.05, 4.69) is 195 Å². The zero-order chi connectivity index (χ0) is 32.7. The SMILES string of the molecule is CC1(C)c2ccccc2C2(c3ccccc3-c3cc(N(c4ccc5ccccc5c4)c4ccc5ccccc5c4)ccc32)c2ccccc21. The first-order valence-corrected chi connectivity index (χ1v) is 17.3. The van der Waals surface area contributed by atoms with E-state index in [4.69, 9.17) is 0 Å². The molecule has 0 radical (unpaired) electrons. The van der Waals surface area contributed by atoms with E-state index >= 15 is 0 Å². The van der Waals surface area contributed by atoms with Crippen molar-refractivity contribution in [3.05, 3.63) is 209 Å². The lowest BCUT2D eigenvalue weighted by Crippen LogP contribution is -2.40. The number of nitrogens with zero attached hydrogens (tertiary/aromatic N) is 1. The molecule has 0 atom stereocenters. The Kier molecular flexibility index (Phi) is 5.91. The molecule has 0 N–H and O–H groups in total. The van der Waals surface area contributed by atoms with E-state index in [1.54, 1.807) is 0 Å². The number of fused-ring (bicyclic) bond motifs is 11. The zero-order valence-electron chi connectivity index (χ0n) is 27.7. The van der Waals surface area contributed by atoms with Gasteiger partial charge < -0.3 is 4.90 Å². The number of benzene rings is 8. The van der Waals surface area contributed by atoms with Crippen LogP contribution >= 0.6 is 0 Å². The first kappa shape index (κ1) is 28.1. The lowest BCUT2D eigenvalue weighted by molar-refractivity contribution is 0.563. The highest BCUT2D eigenvalue weighted by atomic mass is 15.1. The van der Waals surface area contributed by atoms with Gasteiger partial charge in [-0.1, -0.05) is 153 Å². The van der Waals surface area contributed by atoms with E-state index in [0.717, 1.165) is 17.1 Å². The summed E-state index contributed by atoms with van der Waals surface area (Å²) in [5, 5.41) is 4.95. The van der Waals surface area contributed by atoms with Crippen molar-refractivity contribution in [3.8, 4) is 11.1 Å². The molecule has 1 spiro atoms. The second kappa shape index (κ2) is 10.3. The summed E-state index contributed by atoms with van der Waals surface area (Å²) in [6.07, 6.45) is 0. The van der Waals surface area contributed by atoms with Crippen LogP contribution in [0.2, 0.25) is 0 Å². The number of hydrogen-bond donors (Lipinski definition) is 0. The van der Waals surface area contributed by atoms with Crippen molar-refractivity contribution in [1.82, 2.24) is 0 Å². The first-order chi connectivity index (χ1) is 24.0. The van der Waals surface area contributed by atoms with Gasteiger partial charge in [-0.15, -0.1) is 0 Å². The Morgan fingerprint density at radius 3 is 1.31 bits per heavy atom. The Balaban J connectivity index is 1.26. The van der Waals surface area contributed by atoms with Gasteiger partial charge in [-0.3, -0.25) is 0 Å². The van der Waals surface area contributed by atoms with Crippen LogP contribution in [-0.4, -0.2) is 0 Å². The Bertz CT molecular complexity index is 2480. The minimum absolute atomic E-state index is 0.112. The summed E-state index contributed by atoms with van der Waals surface area (Å²) in [5.74, 6) is 0. The smallest absolute Gasteiger partial charge is 0.0719 e. The van der Waals surface area contributed by atoms with Gasteiger partial charge in [0.05, 0.1) is 5.41 Å². The van der Waals surface area contributed by atoms with Gasteiger partial charge in [0.25, 0.3) is 0 Å². The number of anilines is 3. The molecule has 0 unspecified atom stereocenters. The van der Waals surface area contributed by atoms with Crippen LogP contribution < -0.4 is 4.90 Å². The Morgan fingerprint density at radius 2 is 0.735 bits per heavy atom. The fraction of sp³-hybridized carbons (Fsp3) is 0.0833. The number of rotatable bonds is 3. The lowest BCUT2D eigenvalue weighted by atomic mass is 9.55. The predicted molar refractivity (Wildman–Crippen MR) is 206 cm³/mol. The van der Waals surface area contributed by atoms with Gasteiger partial charge in [0, 0.05) is 22.5 Å². The van der Waals surface area contributed by atoms with Gasteiger partial charge in [0.1, 0.15) is 0 Å². The van der Waals surface area contributed by atoms with Crippen molar-refractivity contribution in [3.63, 3.8) is 0 Å². The summed E-state index contributed by atoms with van der Waals surface area (Å²) in [5.41, 5.74) is 13.8. The molecule has 0 saturated heterocycles. The minimum Gasteiger partial charge on any atom is -0.310 e. The van der Waals surface area contributed by atoms with E-state index in [1.165, 1.54) is 66.1 Å². The molecule has 8 aromatic carbocycles. The molecule has 2 aliphatic carbocycles. The van der Waals surface area contributed by atoms with Gasteiger partial charge >= 0.3 is 0 Å². The van der Waals surface area contributed by atoms with Crippen molar-refractivity contribution < 1.29 is 0 Å². The molecule has 1 nitrogen and oxygen atoms in total. The maximum absolute atomic E-state index is 2.44. The van der Waals surface area contributed by atoms with E-state index in [9.17, 15) is 0 Å². The normalized spacial score (nSPS) is 14.7. The zero-order valence-corrected chi connectivity index (χ0v) is 27.7. The standard InChI is InChI=1S/C48H35N/c1-47(2)43-19-9-11-21-45(43)48(46-22-12-10-20-44(46)47)41-18-8-7-17-39(41)40-31-38(27-28-42(40)48)49(36-25-23-32-13-3-5-15-34(32)29-36)37-26-24-33-14-4-6-16-35(33)30-37/h3-31H,1-2H3. The highest BCUT2D eigenvalue weighted by Gasteiger charge is 2.53. The molecule has 1 heteroatoms. The van der Waals surface area contributed by atoms with Crippen molar-refractivity contribution in [2.75, 3.05) is 4.90 Å². The topological polar surface area (TPSA) is 3.24 Å². The summed E-state index contributed by atoms with van der Waals surface area (Å²) < 4.78 is 0. The molecule has 0 bridgehead atoms. The Hall–Kier alpha value is -5.92. The van der Waals surface area contributed by atoms with Crippen LogP contribution in [0.3, 0.4) is 0 Å². The largest absolute Gasteiger partial charge is 0.310 e. The molecule has 2 aliphatic rings. The molecule has 232 valence electrons. The van der Waals surface area contributed by atoms with Gasteiger partial charge in [0.2, 0.25) is 0 Å². The van der Waals surface area contributed by atoms with Crippen molar-refractivity contribution >= 4 is 38.6 Å². The van der Waals surface area contributed by atoms with Crippen LogP contribution in [0.15, 0.2) is 176 Å². The fourth-order valence-electron chi connectivity index (χ4n) is 9.07. The quantitative estimate of drug-likeness (QED) is 0.189. The van der Waals surface area contributed by atoms with Gasteiger partial charge in [-0.25, -0.2) is 0 Å². The molecular formula is C48H35N. The highest BCUT2D eigenvalue weighted by molar-refractivity contribution is 5.95. The number of hydrogen-bond acceptors (Lipinski definition) is 1. The third kappa shape index (κ3) is 3.87. The van der Waals surface area contributed by atoms with Gasteiger partial charge in [0.15, 0.2) is 0 Å². The van der Waals surface area contributed by atoms with E-state index < -0.39 is 5.41 Å². The Morgan fingerprint density at radius 1 is 0.327 bits per heavy atom. The molecular weight excluding hydrogens is 591 g/mol. The molecule has 0 saturated carbocycles. The molecule has 0 aromatic heterocycles. The summed E-state index contributed by atoms with van der Waals surface area (Å²) in [7, 11) is 0. The minimum atomic E-state index is -0.399. The molecule has 0 aliphatic heterocycles. The van der Waals surface area contributed by atoms with Crippen molar-refractivity contribution in [1.29, 1.82) is 0 Å². The molecule has 8 aromatic rings. The Labute approximate surface area is 287 Å². The maximum atomic E-state index is 2.44. The van der Waals surface area contributed by atoms with Crippen LogP contribution in [0, 0.1) is 0 Å². The summed E-state index contributed by atoms with van der Waals surface area (Å²) >= 11 is 0. The van der Waals surface area contributed by atoms with Crippen LogP contribution in [0.5, 0.6) is 0 Å². The summed E-state index contributed by atoms with van der Waals surface area (Å²) in [4.78, 5) is 2.43. The van der Waals surface area contributed by atoms with Crippen LogP contribution in [-0.2, 0) is 10.8 Å². The molecule has 0 heterocycles. The second-order valence-electron chi connectivity index (χ2n) is 14.1. The maximum Gasteiger partial charge on any atom is 0.0719 e. The van der Waals surface area contributed by atoms with E-state index in [-0.39, 0.29) is 5.41 Å². The lowest BCUT2D eigenvalue weighted by Gasteiger charge is -2.46. The van der Waals surface area contributed by atoms with Crippen molar-refractivity contribution in [2.45, 2.75) is 24.7 Å². The van der Waals surface area contributed by atoms with Gasteiger partial charge in [-0.05, 0) is 102 Å². The van der Waals surface area contributed by atoms with Crippen LogP contribution in [0.25, 0.3) is 32.7 Å². The molecule has 0 amide bonds. The summed E-state index contributed by atoms with van der Waals surface area (Å²) in [6.45, 7) is 4.76. The summed E-state index contributed by atoms with van der Waals surface area (Å²) in [6, 6.07) is 65.6. The van der Waals surface area contributed by atoms with Crippen LogP contribution in [0.1, 0.15) is 47.2 Å². The molecule has 0 fully saturated rings. The monoisotopic (exact) mass is 625 g/mol. The third-order valence-corrected chi connectivity index (χ3v) is 11.3. The van der Waals surface area contributed by atoms with Crippen LogP contribution in [0.4, 0.5) is 17.1 Å². The van der Waals surface area contributed by atoms with Crippen molar-refractivity contribution in [2.24, 2.45) is 0 Å². The van der Waals surface area contributed by atoms with Gasteiger partial charge in [-0.2, -0.15) is 0 Å². The highest BCUT2D eigenvalue weighted by Crippen LogP contribution is 2.62. The predicted octanol–water partition coefficient (Wildman–Crippen LogP) is 12.5. The first-order valence-electron chi connectivity index (χ1n) is 17.3. The molecule has 10 rings (SSSR count). The fourth-order valence-corrected chi connectivity index (χ4v) is 9.07. The van der Waals surface area contributed by atoms with E-state index in [0.29, 0.717) is 0 Å². The average Bonchev–Trinajstić information content (AvgIpc) is 3.44. The van der Waals surface area contributed by atoms with E-state index in [1.807, 2.05) is 0 Å². The second-order valence-corrected chi connectivity index (χ2v) is 14.1. The molecule has 49 heavy (non-hydrogen) atoms. The third-order valence-electron chi connectivity index (χ3n) is 11.3. The average molecular weight is 626 g/mol.